The lowest BCUT2D eigenvalue weighted by Crippen LogP contribution is -2.57. The third-order valence-electron chi connectivity index (χ3n) is 2.75. The van der Waals surface area contributed by atoms with Gasteiger partial charge in [-0.25, -0.2) is 9.18 Å². The van der Waals surface area contributed by atoms with Crippen LogP contribution in [-0.4, -0.2) is 38.1 Å². The van der Waals surface area contributed by atoms with Crippen molar-refractivity contribution in [1.29, 1.82) is 0 Å². The Balaban J connectivity index is 2.15. The highest BCUT2D eigenvalue weighted by Crippen LogP contribution is 2.17. The number of hydrogen-bond donors (Lipinski definition) is 1. The van der Waals surface area contributed by atoms with Gasteiger partial charge >= 0.3 is 5.97 Å². The van der Waals surface area contributed by atoms with Crippen LogP contribution < -0.4 is 10.2 Å². The average Bonchev–Trinajstić information content (AvgIpc) is 2.38. The lowest BCUT2D eigenvalue weighted by Gasteiger charge is -2.33. The van der Waals surface area contributed by atoms with Crippen molar-refractivity contribution >= 4 is 17.6 Å². The van der Waals surface area contributed by atoms with Crippen LogP contribution in [0.15, 0.2) is 24.3 Å². The van der Waals surface area contributed by atoms with Gasteiger partial charge in [0.2, 0.25) is 5.91 Å². The second kappa shape index (κ2) is 5.03. The molecule has 1 aromatic carbocycles. The van der Waals surface area contributed by atoms with E-state index in [1.807, 2.05) is 0 Å². The van der Waals surface area contributed by atoms with E-state index in [0.29, 0.717) is 12.2 Å². The molecule has 0 bridgehead atoms. The molecule has 5 nitrogen and oxygen atoms in total. The predicted octanol–water partition coefficient (Wildman–Crippen LogP) is 0.303. The molecule has 1 aliphatic heterocycles. The number of carbonyl (C=O) groups excluding carboxylic acids is 2. The van der Waals surface area contributed by atoms with E-state index in [2.05, 4.69) is 10.1 Å². The number of piperazine rings is 1. The summed E-state index contributed by atoms with van der Waals surface area (Å²) in [6.07, 6.45) is 0. The highest BCUT2D eigenvalue weighted by atomic mass is 19.1. The summed E-state index contributed by atoms with van der Waals surface area (Å²) >= 11 is 0. The van der Waals surface area contributed by atoms with Crippen LogP contribution in [0.1, 0.15) is 0 Å². The molecule has 0 aliphatic carbocycles. The Morgan fingerprint density at radius 2 is 2.11 bits per heavy atom. The predicted molar refractivity (Wildman–Crippen MR) is 62.6 cm³/mol. The number of nitrogens with one attached hydrogen (secondary N) is 1. The summed E-state index contributed by atoms with van der Waals surface area (Å²) < 4.78 is 17.4. The van der Waals surface area contributed by atoms with E-state index in [-0.39, 0.29) is 18.3 Å². The number of esters is 1. The van der Waals surface area contributed by atoms with Crippen molar-refractivity contribution in [3.05, 3.63) is 30.1 Å². The second-order valence-corrected chi connectivity index (χ2v) is 4.00. The van der Waals surface area contributed by atoms with Gasteiger partial charge in [0.05, 0.1) is 13.7 Å². The summed E-state index contributed by atoms with van der Waals surface area (Å²) in [7, 11) is 1.27. The minimum absolute atomic E-state index is 0.138. The third kappa shape index (κ3) is 2.58. The number of ether oxygens (including phenoxy) is 1. The normalized spacial score (nSPS) is 19.3. The minimum Gasteiger partial charge on any atom is -0.467 e. The zero-order valence-corrected chi connectivity index (χ0v) is 9.85. The molecule has 96 valence electrons. The number of benzene rings is 1. The highest BCUT2D eigenvalue weighted by Gasteiger charge is 2.30. The highest BCUT2D eigenvalue weighted by molar-refractivity contribution is 5.89. The Morgan fingerprint density at radius 1 is 1.44 bits per heavy atom. The molecule has 0 spiro atoms. The maximum Gasteiger partial charge on any atom is 0.330 e. The van der Waals surface area contributed by atoms with Gasteiger partial charge < -0.3 is 15.0 Å². The van der Waals surface area contributed by atoms with Crippen LogP contribution >= 0.6 is 0 Å². The van der Waals surface area contributed by atoms with Crippen LogP contribution in [0.3, 0.4) is 0 Å². The fraction of sp³-hybridized carbons (Fsp3) is 0.333. The molecular formula is C12H13FN2O3. The molecule has 0 aromatic heterocycles. The van der Waals surface area contributed by atoms with Crippen LogP contribution in [0.2, 0.25) is 0 Å². The van der Waals surface area contributed by atoms with E-state index >= 15 is 0 Å². The fourth-order valence-corrected chi connectivity index (χ4v) is 1.87. The van der Waals surface area contributed by atoms with Gasteiger partial charge in [0.1, 0.15) is 11.9 Å². The molecule has 0 radical (unpaired) electrons. The topological polar surface area (TPSA) is 58.6 Å². The summed E-state index contributed by atoms with van der Waals surface area (Å²) in [4.78, 5) is 24.6. The molecule has 1 amide bonds. The van der Waals surface area contributed by atoms with Crippen molar-refractivity contribution in [2.45, 2.75) is 6.04 Å². The number of anilines is 1. The summed E-state index contributed by atoms with van der Waals surface area (Å²) in [5.74, 6) is -1.10. The van der Waals surface area contributed by atoms with Crippen LogP contribution in [-0.2, 0) is 14.3 Å². The monoisotopic (exact) mass is 252 g/mol. The molecule has 1 saturated heterocycles. The molecule has 1 fully saturated rings. The van der Waals surface area contributed by atoms with Crippen LogP contribution in [0.4, 0.5) is 10.1 Å². The maximum absolute atomic E-state index is 12.8. The maximum atomic E-state index is 12.8. The molecule has 6 heteroatoms. The average molecular weight is 252 g/mol. The van der Waals surface area contributed by atoms with Crippen LogP contribution in [0, 0.1) is 5.82 Å². The van der Waals surface area contributed by atoms with Crippen molar-refractivity contribution in [3.63, 3.8) is 0 Å². The van der Waals surface area contributed by atoms with Crippen LogP contribution in [0.5, 0.6) is 0 Å². The van der Waals surface area contributed by atoms with Gasteiger partial charge in [0.15, 0.2) is 0 Å². The Bertz CT molecular complexity index is 461. The minimum atomic E-state index is -0.693. The van der Waals surface area contributed by atoms with Crippen molar-refractivity contribution in [3.8, 4) is 0 Å². The van der Waals surface area contributed by atoms with E-state index in [0.717, 1.165) is 0 Å². The Labute approximate surface area is 104 Å². The Hall–Kier alpha value is -2.11. The lowest BCUT2D eigenvalue weighted by atomic mass is 10.1. The van der Waals surface area contributed by atoms with Gasteiger partial charge in [-0.15, -0.1) is 0 Å². The number of hydrogen-bond acceptors (Lipinski definition) is 4. The lowest BCUT2D eigenvalue weighted by molar-refractivity contribution is -0.145. The Morgan fingerprint density at radius 3 is 2.72 bits per heavy atom. The van der Waals surface area contributed by atoms with E-state index < -0.39 is 12.0 Å². The fourth-order valence-electron chi connectivity index (χ4n) is 1.87. The molecule has 1 heterocycles. The second-order valence-electron chi connectivity index (χ2n) is 4.00. The molecular weight excluding hydrogens is 239 g/mol. The first-order chi connectivity index (χ1) is 8.60. The SMILES string of the molecule is COC(=O)C1CN(c2ccc(F)cc2)CC(=O)N1. The van der Waals surface area contributed by atoms with E-state index in [9.17, 15) is 14.0 Å². The van der Waals surface area contributed by atoms with Gasteiger partial charge in [-0.1, -0.05) is 0 Å². The molecule has 1 atom stereocenters. The summed E-state index contributed by atoms with van der Waals surface area (Å²) in [6.45, 7) is 0.448. The number of nitrogens with zero attached hydrogens (tertiary/aromatic N) is 1. The van der Waals surface area contributed by atoms with Gasteiger partial charge in [-0.2, -0.15) is 0 Å². The zero-order valence-electron chi connectivity index (χ0n) is 9.85. The number of halogens is 1. The van der Waals surface area contributed by atoms with Crippen LogP contribution in [0.25, 0.3) is 0 Å². The quantitative estimate of drug-likeness (QED) is 0.769. The van der Waals surface area contributed by atoms with Crippen molar-refractivity contribution in [1.82, 2.24) is 5.32 Å². The first-order valence-corrected chi connectivity index (χ1v) is 5.48. The van der Waals surface area contributed by atoms with Crippen molar-refractivity contribution in [2.75, 3.05) is 25.1 Å². The molecule has 0 saturated carbocycles. The Kier molecular flexibility index (Phi) is 3.45. The van der Waals surface area contributed by atoms with E-state index in [1.165, 1.54) is 19.2 Å². The summed E-state index contributed by atoms with van der Waals surface area (Å²) in [5, 5.41) is 2.55. The first-order valence-electron chi connectivity index (χ1n) is 5.48. The molecule has 1 aliphatic rings. The zero-order chi connectivity index (χ0) is 13.1. The summed E-state index contributed by atoms with van der Waals surface area (Å²) in [5.41, 5.74) is 0.695. The standard InChI is InChI=1S/C12H13FN2O3/c1-18-12(17)10-6-15(7-11(16)14-10)9-4-2-8(13)3-5-9/h2-5,10H,6-7H2,1H3,(H,14,16). The number of carbonyl (C=O) groups is 2. The van der Waals surface area contributed by atoms with E-state index in [1.54, 1.807) is 17.0 Å². The number of amides is 1. The largest absolute Gasteiger partial charge is 0.467 e. The van der Waals surface area contributed by atoms with E-state index in [4.69, 9.17) is 0 Å². The third-order valence-corrected chi connectivity index (χ3v) is 2.75. The van der Waals surface area contributed by atoms with Crippen molar-refractivity contribution < 1.29 is 18.7 Å². The molecule has 2 rings (SSSR count). The smallest absolute Gasteiger partial charge is 0.330 e. The molecule has 1 unspecified atom stereocenters. The molecule has 1 aromatic rings. The van der Waals surface area contributed by atoms with Gasteiger partial charge in [-0.3, -0.25) is 4.79 Å². The summed E-state index contributed by atoms with van der Waals surface area (Å²) in [6, 6.07) is 5.08. The molecule has 1 N–H and O–H groups in total. The molecule has 18 heavy (non-hydrogen) atoms. The van der Waals surface area contributed by atoms with Crippen molar-refractivity contribution in [2.24, 2.45) is 0 Å². The van der Waals surface area contributed by atoms with Gasteiger partial charge in [-0.05, 0) is 24.3 Å². The number of methoxy groups -OCH3 is 1. The van der Waals surface area contributed by atoms with Gasteiger partial charge in [0, 0.05) is 12.2 Å². The van der Waals surface area contributed by atoms with Gasteiger partial charge in [0.25, 0.3) is 0 Å². The first kappa shape index (κ1) is 12.3. The number of rotatable bonds is 2.